The predicted octanol–water partition coefficient (Wildman–Crippen LogP) is 1.54. The van der Waals surface area contributed by atoms with Gasteiger partial charge in [0.25, 0.3) is 0 Å². The molecule has 8 heteroatoms. The van der Waals surface area contributed by atoms with Crippen molar-refractivity contribution in [3.05, 3.63) is 23.9 Å². The molecule has 2 rings (SSSR count). The number of aliphatic imine (C=N–C) groups is 1. The molecule has 2 heterocycles. The van der Waals surface area contributed by atoms with Crippen molar-refractivity contribution in [2.45, 2.75) is 19.9 Å². The number of ether oxygens (including phenoxy) is 1. The number of halogens is 1. The first-order chi connectivity index (χ1) is 12.2. The Morgan fingerprint density at radius 3 is 2.62 bits per heavy atom. The molecule has 7 nitrogen and oxygen atoms in total. The summed E-state index contributed by atoms with van der Waals surface area (Å²) in [6.45, 7) is 9.38. The highest BCUT2D eigenvalue weighted by atomic mass is 127. The Kier molecular flexibility index (Phi) is 11.5. The Hall–Kier alpha value is -1.13. The van der Waals surface area contributed by atoms with Gasteiger partial charge in [-0.2, -0.15) is 0 Å². The van der Waals surface area contributed by atoms with Gasteiger partial charge in [0.1, 0.15) is 5.82 Å². The molecule has 148 valence electrons. The third kappa shape index (κ3) is 8.05. The Labute approximate surface area is 174 Å². The van der Waals surface area contributed by atoms with Crippen LogP contribution in [0.5, 0.6) is 0 Å². The molecule has 0 amide bonds. The third-order valence-electron chi connectivity index (χ3n) is 4.28. The van der Waals surface area contributed by atoms with E-state index in [-0.39, 0.29) is 24.0 Å². The van der Waals surface area contributed by atoms with Gasteiger partial charge in [-0.05, 0) is 32.0 Å². The fourth-order valence-electron chi connectivity index (χ4n) is 2.68. The van der Waals surface area contributed by atoms with E-state index < -0.39 is 0 Å². The molecule has 0 aliphatic carbocycles. The number of piperazine rings is 1. The maximum atomic E-state index is 5.33. The van der Waals surface area contributed by atoms with Crippen LogP contribution in [0.3, 0.4) is 0 Å². The van der Waals surface area contributed by atoms with Gasteiger partial charge in [0.05, 0.1) is 0 Å². The van der Waals surface area contributed by atoms with Crippen molar-refractivity contribution in [3.63, 3.8) is 0 Å². The van der Waals surface area contributed by atoms with Gasteiger partial charge in [-0.3, -0.25) is 4.99 Å². The number of aromatic nitrogens is 1. The van der Waals surface area contributed by atoms with Gasteiger partial charge in [-0.25, -0.2) is 4.98 Å². The molecule has 1 saturated heterocycles. The summed E-state index contributed by atoms with van der Waals surface area (Å²) in [7, 11) is 3.95. The topological polar surface area (TPSA) is 65.0 Å². The van der Waals surface area contributed by atoms with Gasteiger partial charge >= 0.3 is 0 Å². The van der Waals surface area contributed by atoms with E-state index in [0.717, 1.165) is 69.7 Å². The van der Waals surface area contributed by atoms with Crippen LogP contribution >= 0.6 is 24.0 Å². The summed E-state index contributed by atoms with van der Waals surface area (Å²) in [4.78, 5) is 13.5. The van der Waals surface area contributed by atoms with E-state index >= 15 is 0 Å². The minimum Gasteiger partial charge on any atom is -0.382 e. The lowest BCUT2D eigenvalue weighted by Crippen LogP contribution is -2.44. The van der Waals surface area contributed by atoms with E-state index in [1.54, 1.807) is 7.05 Å². The van der Waals surface area contributed by atoms with Crippen LogP contribution in [0.25, 0.3) is 0 Å². The molecule has 2 N–H and O–H groups in total. The normalized spacial score (nSPS) is 15.5. The average Bonchev–Trinajstić information content (AvgIpc) is 2.65. The predicted molar refractivity (Wildman–Crippen MR) is 119 cm³/mol. The third-order valence-corrected chi connectivity index (χ3v) is 4.28. The zero-order chi connectivity index (χ0) is 17.9. The fraction of sp³-hybridized carbons (Fsp3) is 0.667. The van der Waals surface area contributed by atoms with Gasteiger partial charge in [-0.1, -0.05) is 6.07 Å². The number of nitrogens with zero attached hydrogens (tertiary/aromatic N) is 4. The molecule has 1 aliphatic heterocycles. The first-order valence-corrected chi connectivity index (χ1v) is 9.13. The Bertz CT molecular complexity index is 517. The van der Waals surface area contributed by atoms with Gasteiger partial charge in [-0.15, -0.1) is 24.0 Å². The van der Waals surface area contributed by atoms with E-state index in [2.05, 4.69) is 49.6 Å². The van der Waals surface area contributed by atoms with Crippen molar-refractivity contribution < 1.29 is 4.74 Å². The summed E-state index contributed by atoms with van der Waals surface area (Å²) in [6.07, 6.45) is 2.92. The van der Waals surface area contributed by atoms with Crippen LogP contribution in [-0.4, -0.2) is 75.9 Å². The quantitative estimate of drug-likeness (QED) is 0.257. The number of likely N-dealkylation sites (N-methyl/N-ethyl adjacent to an activating group) is 1. The second-order valence-corrected chi connectivity index (χ2v) is 6.22. The van der Waals surface area contributed by atoms with Crippen molar-refractivity contribution in [1.82, 2.24) is 20.5 Å². The zero-order valence-corrected chi connectivity index (χ0v) is 18.5. The van der Waals surface area contributed by atoms with E-state index in [4.69, 9.17) is 4.74 Å². The van der Waals surface area contributed by atoms with E-state index in [1.807, 2.05) is 13.1 Å². The maximum Gasteiger partial charge on any atom is 0.191 e. The standard InChI is InChI=1S/C18H32N6O.HI/c1-4-25-13-5-8-20-18(19-2)22-15-16-6-7-17(21-14-16)24-11-9-23(3)10-12-24;/h6-7,14H,4-5,8-13,15H2,1-3H3,(H2,19,20,22);1H. The van der Waals surface area contributed by atoms with Crippen LogP contribution in [0.1, 0.15) is 18.9 Å². The molecule has 0 unspecified atom stereocenters. The Balaban J connectivity index is 0.00000338. The van der Waals surface area contributed by atoms with Crippen LogP contribution in [0, 0.1) is 0 Å². The van der Waals surface area contributed by atoms with Crippen molar-refractivity contribution in [1.29, 1.82) is 0 Å². The minimum atomic E-state index is 0. The fourth-order valence-corrected chi connectivity index (χ4v) is 2.68. The highest BCUT2D eigenvalue weighted by molar-refractivity contribution is 14.0. The van der Waals surface area contributed by atoms with Crippen LogP contribution in [0.15, 0.2) is 23.3 Å². The van der Waals surface area contributed by atoms with Gasteiger partial charge in [0.15, 0.2) is 5.96 Å². The lowest BCUT2D eigenvalue weighted by Gasteiger charge is -2.33. The van der Waals surface area contributed by atoms with Gasteiger partial charge in [0.2, 0.25) is 0 Å². The monoisotopic (exact) mass is 476 g/mol. The summed E-state index contributed by atoms with van der Waals surface area (Å²) in [5, 5.41) is 6.61. The molecule has 0 aromatic carbocycles. The number of guanidine groups is 1. The Morgan fingerprint density at radius 2 is 2.00 bits per heavy atom. The van der Waals surface area contributed by atoms with Crippen molar-refractivity contribution in [3.8, 4) is 0 Å². The summed E-state index contributed by atoms with van der Waals surface area (Å²) >= 11 is 0. The van der Waals surface area contributed by atoms with Crippen LogP contribution in [0.2, 0.25) is 0 Å². The molecule has 0 atom stereocenters. The average molecular weight is 476 g/mol. The molecule has 1 aromatic rings. The van der Waals surface area contributed by atoms with E-state index in [1.165, 1.54) is 0 Å². The summed E-state index contributed by atoms with van der Waals surface area (Å²) in [5.41, 5.74) is 1.15. The number of pyridine rings is 1. The largest absolute Gasteiger partial charge is 0.382 e. The Morgan fingerprint density at radius 1 is 1.23 bits per heavy atom. The number of anilines is 1. The summed E-state index contributed by atoms with van der Waals surface area (Å²) in [6, 6.07) is 4.25. The van der Waals surface area contributed by atoms with Crippen LogP contribution in [0.4, 0.5) is 5.82 Å². The molecule has 1 aliphatic rings. The van der Waals surface area contributed by atoms with Crippen LogP contribution < -0.4 is 15.5 Å². The molecule has 1 aromatic heterocycles. The molecular weight excluding hydrogens is 443 g/mol. The lowest BCUT2D eigenvalue weighted by molar-refractivity contribution is 0.145. The van der Waals surface area contributed by atoms with Crippen LogP contribution in [-0.2, 0) is 11.3 Å². The molecule has 0 spiro atoms. The van der Waals surface area contributed by atoms with E-state index in [9.17, 15) is 0 Å². The molecule has 1 fully saturated rings. The highest BCUT2D eigenvalue weighted by Gasteiger charge is 2.14. The van der Waals surface area contributed by atoms with Crippen molar-refractivity contribution >= 4 is 35.8 Å². The minimum absolute atomic E-state index is 0. The molecule has 0 saturated carbocycles. The number of hydrogen-bond acceptors (Lipinski definition) is 5. The molecule has 0 radical (unpaired) electrons. The highest BCUT2D eigenvalue weighted by Crippen LogP contribution is 2.13. The maximum absolute atomic E-state index is 5.33. The first kappa shape index (κ1) is 22.9. The summed E-state index contributed by atoms with van der Waals surface area (Å²) < 4.78 is 5.33. The van der Waals surface area contributed by atoms with Crippen molar-refractivity contribution in [2.24, 2.45) is 4.99 Å². The second-order valence-electron chi connectivity index (χ2n) is 6.22. The molecular formula is C18H33IN6O. The SMILES string of the molecule is CCOCCCNC(=NC)NCc1ccc(N2CCN(C)CC2)nc1.I. The first-order valence-electron chi connectivity index (χ1n) is 9.13. The molecule has 26 heavy (non-hydrogen) atoms. The number of nitrogens with one attached hydrogen (secondary N) is 2. The van der Waals surface area contributed by atoms with E-state index in [0.29, 0.717) is 6.54 Å². The van der Waals surface area contributed by atoms with Crippen molar-refractivity contribution in [2.75, 3.05) is 64.9 Å². The summed E-state index contributed by atoms with van der Waals surface area (Å²) in [5.74, 6) is 1.87. The molecule has 0 bridgehead atoms. The smallest absolute Gasteiger partial charge is 0.191 e. The lowest BCUT2D eigenvalue weighted by atomic mass is 10.2. The van der Waals surface area contributed by atoms with Gasteiger partial charge in [0, 0.05) is 65.7 Å². The number of rotatable bonds is 8. The zero-order valence-electron chi connectivity index (χ0n) is 16.2. The van der Waals surface area contributed by atoms with Gasteiger partial charge < -0.3 is 25.2 Å². The number of hydrogen-bond donors (Lipinski definition) is 2. The second kappa shape index (κ2) is 13.1.